The fourth-order valence-corrected chi connectivity index (χ4v) is 4.01. The van der Waals surface area contributed by atoms with Crippen molar-refractivity contribution in [3.8, 4) is 0 Å². The molecular formula is C17H25Br. The summed E-state index contributed by atoms with van der Waals surface area (Å²) in [5, 5.41) is 0. The van der Waals surface area contributed by atoms with E-state index in [2.05, 4.69) is 54.0 Å². The summed E-state index contributed by atoms with van der Waals surface area (Å²) in [6.07, 6.45) is 8.21. The summed E-state index contributed by atoms with van der Waals surface area (Å²) in [6, 6.07) is 9.02. The van der Waals surface area contributed by atoms with E-state index in [1.54, 1.807) is 0 Å². The summed E-state index contributed by atoms with van der Waals surface area (Å²) in [5.74, 6) is 1.80. The Hall–Kier alpha value is -0.300. The van der Waals surface area contributed by atoms with Gasteiger partial charge in [-0.15, -0.1) is 0 Å². The average molecular weight is 309 g/mol. The molecule has 1 aliphatic rings. The third-order valence-electron chi connectivity index (χ3n) is 4.28. The highest BCUT2D eigenvalue weighted by molar-refractivity contribution is 9.09. The van der Waals surface area contributed by atoms with Gasteiger partial charge in [0.15, 0.2) is 0 Å². The van der Waals surface area contributed by atoms with Gasteiger partial charge in [-0.25, -0.2) is 0 Å². The Morgan fingerprint density at radius 3 is 2.83 bits per heavy atom. The van der Waals surface area contributed by atoms with E-state index in [0.717, 1.165) is 16.7 Å². The zero-order valence-electron chi connectivity index (χ0n) is 11.7. The molecule has 2 rings (SSSR count). The second-order valence-corrected chi connectivity index (χ2v) is 7.11. The van der Waals surface area contributed by atoms with Gasteiger partial charge in [-0.2, -0.15) is 0 Å². The summed E-state index contributed by atoms with van der Waals surface area (Å²) in [5.41, 5.74) is 2.90. The summed E-state index contributed by atoms with van der Waals surface area (Å²) < 4.78 is 0. The van der Waals surface area contributed by atoms with Crippen molar-refractivity contribution in [3.05, 3.63) is 35.4 Å². The van der Waals surface area contributed by atoms with Crippen LogP contribution in [0, 0.1) is 18.8 Å². The number of aryl methyl sites for hydroxylation is 1. The molecule has 0 aromatic heterocycles. The molecule has 0 bridgehead atoms. The van der Waals surface area contributed by atoms with E-state index in [0.29, 0.717) is 0 Å². The molecule has 0 N–H and O–H groups in total. The Morgan fingerprint density at radius 1 is 1.28 bits per heavy atom. The van der Waals surface area contributed by atoms with Crippen LogP contribution in [0.1, 0.15) is 50.2 Å². The number of hydrogen-bond acceptors (Lipinski definition) is 0. The molecule has 1 heteroatoms. The first-order chi connectivity index (χ1) is 8.69. The lowest BCUT2D eigenvalue weighted by molar-refractivity contribution is 0.263. The SMILES string of the molecule is CCCC1CCC(Br)C(Cc2cccc(C)c2)C1. The monoisotopic (exact) mass is 308 g/mol. The van der Waals surface area contributed by atoms with Gasteiger partial charge in [0.25, 0.3) is 0 Å². The number of benzene rings is 1. The van der Waals surface area contributed by atoms with Crippen molar-refractivity contribution in [2.75, 3.05) is 0 Å². The molecule has 1 saturated carbocycles. The molecule has 18 heavy (non-hydrogen) atoms. The van der Waals surface area contributed by atoms with Crippen molar-refractivity contribution in [2.24, 2.45) is 11.8 Å². The molecule has 3 atom stereocenters. The van der Waals surface area contributed by atoms with Gasteiger partial charge >= 0.3 is 0 Å². The normalized spacial score (nSPS) is 28.3. The van der Waals surface area contributed by atoms with Crippen LogP contribution in [-0.2, 0) is 6.42 Å². The molecule has 0 nitrogen and oxygen atoms in total. The van der Waals surface area contributed by atoms with Crippen LogP contribution in [0.5, 0.6) is 0 Å². The highest BCUT2D eigenvalue weighted by Gasteiger charge is 2.28. The summed E-state index contributed by atoms with van der Waals surface area (Å²) in [4.78, 5) is 0.728. The van der Waals surface area contributed by atoms with E-state index in [1.807, 2.05) is 0 Å². The van der Waals surface area contributed by atoms with E-state index in [4.69, 9.17) is 0 Å². The lowest BCUT2D eigenvalue weighted by Crippen LogP contribution is -2.26. The van der Waals surface area contributed by atoms with Gasteiger partial charge in [0.05, 0.1) is 0 Å². The van der Waals surface area contributed by atoms with Crippen molar-refractivity contribution < 1.29 is 0 Å². The molecule has 0 spiro atoms. The Labute approximate surface area is 120 Å². The zero-order valence-corrected chi connectivity index (χ0v) is 13.2. The Kier molecular flexibility index (Phi) is 5.29. The van der Waals surface area contributed by atoms with Gasteiger partial charge in [-0.05, 0) is 50.0 Å². The van der Waals surface area contributed by atoms with Crippen LogP contribution in [0.25, 0.3) is 0 Å². The molecule has 3 unspecified atom stereocenters. The second kappa shape index (κ2) is 6.75. The van der Waals surface area contributed by atoms with Gasteiger partial charge in [0, 0.05) is 4.83 Å². The lowest BCUT2D eigenvalue weighted by atomic mass is 9.77. The van der Waals surface area contributed by atoms with E-state index in [-0.39, 0.29) is 0 Å². The standard InChI is InChI=1S/C17H25Br/c1-3-5-14-8-9-17(18)16(11-14)12-15-7-4-6-13(2)10-15/h4,6-7,10,14,16-17H,3,5,8-9,11-12H2,1-2H3. The van der Waals surface area contributed by atoms with E-state index in [9.17, 15) is 0 Å². The molecule has 0 amide bonds. The third kappa shape index (κ3) is 3.85. The highest BCUT2D eigenvalue weighted by Crippen LogP contribution is 2.37. The van der Waals surface area contributed by atoms with E-state index < -0.39 is 0 Å². The minimum atomic E-state index is 0.728. The first kappa shape index (κ1) is 14.1. The predicted molar refractivity (Wildman–Crippen MR) is 83.3 cm³/mol. The van der Waals surface area contributed by atoms with Crippen LogP contribution >= 0.6 is 15.9 Å². The summed E-state index contributed by atoms with van der Waals surface area (Å²) >= 11 is 3.91. The molecule has 0 heterocycles. The molecule has 0 radical (unpaired) electrons. The summed E-state index contributed by atoms with van der Waals surface area (Å²) in [7, 11) is 0. The number of rotatable bonds is 4. The number of alkyl halides is 1. The molecule has 1 aromatic carbocycles. The highest BCUT2D eigenvalue weighted by atomic mass is 79.9. The Balaban J connectivity index is 1.98. The average Bonchev–Trinajstić information content (AvgIpc) is 2.34. The molecule has 0 saturated heterocycles. The van der Waals surface area contributed by atoms with Gasteiger partial charge < -0.3 is 0 Å². The molecule has 1 fully saturated rings. The topological polar surface area (TPSA) is 0 Å². The van der Waals surface area contributed by atoms with Crippen molar-refractivity contribution in [3.63, 3.8) is 0 Å². The number of hydrogen-bond donors (Lipinski definition) is 0. The van der Waals surface area contributed by atoms with Gasteiger partial charge in [-0.1, -0.05) is 65.5 Å². The van der Waals surface area contributed by atoms with Gasteiger partial charge in [0.2, 0.25) is 0 Å². The van der Waals surface area contributed by atoms with Gasteiger partial charge in [0.1, 0.15) is 0 Å². The Morgan fingerprint density at radius 2 is 2.11 bits per heavy atom. The van der Waals surface area contributed by atoms with E-state index in [1.165, 1.54) is 49.7 Å². The smallest absolute Gasteiger partial charge is 0.0177 e. The van der Waals surface area contributed by atoms with Crippen LogP contribution in [0.4, 0.5) is 0 Å². The van der Waals surface area contributed by atoms with Gasteiger partial charge in [-0.3, -0.25) is 0 Å². The van der Waals surface area contributed by atoms with Crippen LogP contribution in [0.3, 0.4) is 0 Å². The van der Waals surface area contributed by atoms with Crippen molar-refractivity contribution in [1.82, 2.24) is 0 Å². The zero-order chi connectivity index (χ0) is 13.0. The third-order valence-corrected chi connectivity index (χ3v) is 5.48. The first-order valence-electron chi connectivity index (χ1n) is 7.38. The van der Waals surface area contributed by atoms with Crippen LogP contribution in [0.2, 0.25) is 0 Å². The lowest BCUT2D eigenvalue weighted by Gasteiger charge is -2.33. The predicted octanol–water partition coefficient (Wildman–Crippen LogP) is 5.52. The minimum Gasteiger partial charge on any atom is -0.0888 e. The molecule has 100 valence electrons. The molecule has 1 aliphatic carbocycles. The Bertz CT molecular complexity index is 372. The maximum atomic E-state index is 3.91. The van der Waals surface area contributed by atoms with Crippen molar-refractivity contribution >= 4 is 15.9 Å². The second-order valence-electron chi connectivity index (χ2n) is 5.94. The van der Waals surface area contributed by atoms with Crippen LogP contribution in [0.15, 0.2) is 24.3 Å². The van der Waals surface area contributed by atoms with Crippen molar-refractivity contribution in [2.45, 2.75) is 57.2 Å². The first-order valence-corrected chi connectivity index (χ1v) is 8.30. The van der Waals surface area contributed by atoms with Crippen LogP contribution in [-0.4, -0.2) is 4.83 Å². The minimum absolute atomic E-state index is 0.728. The molecule has 1 aromatic rings. The quantitative estimate of drug-likeness (QED) is 0.643. The molecule has 0 aliphatic heterocycles. The van der Waals surface area contributed by atoms with Crippen molar-refractivity contribution in [1.29, 1.82) is 0 Å². The largest absolute Gasteiger partial charge is 0.0888 e. The fraction of sp³-hybridized carbons (Fsp3) is 0.647. The maximum Gasteiger partial charge on any atom is 0.0177 e. The number of halogens is 1. The fourth-order valence-electron chi connectivity index (χ4n) is 3.35. The maximum absolute atomic E-state index is 3.91. The van der Waals surface area contributed by atoms with Crippen LogP contribution < -0.4 is 0 Å². The van der Waals surface area contributed by atoms with E-state index >= 15 is 0 Å². The summed E-state index contributed by atoms with van der Waals surface area (Å²) in [6.45, 7) is 4.51. The molecular weight excluding hydrogens is 284 g/mol.